The second-order valence-electron chi connectivity index (χ2n) is 13.9. The predicted molar refractivity (Wildman–Crippen MR) is 221 cm³/mol. The van der Waals surface area contributed by atoms with Gasteiger partial charge in [0.1, 0.15) is 22.7 Å². The summed E-state index contributed by atoms with van der Waals surface area (Å²) < 4.78 is 6.42. The number of benzene rings is 9. The Hall–Kier alpha value is -6.84. The van der Waals surface area contributed by atoms with Crippen LogP contribution in [-0.2, 0) is 0 Å². The zero-order chi connectivity index (χ0) is 35.8. The SMILES string of the molecule is Cc1c(O)cc(-c2c3ccccc3c(-c3ccc(-c4ccc5oc6ccccc6c5c4-c4cccc5ccccc45)cc3)c3ccccc23)c(C)c1O. The molecule has 10 rings (SSSR count). The summed E-state index contributed by atoms with van der Waals surface area (Å²) in [6.07, 6.45) is 0. The molecule has 2 N–H and O–H groups in total. The van der Waals surface area contributed by atoms with Gasteiger partial charge >= 0.3 is 0 Å². The minimum absolute atomic E-state index is 0.0837. The summed E-state index contributed by atoms with van der Waals surface area (Å²) in [6.45, 7) is 3.66. The summed E-state index contributed by atoms with van der Waals surface area (Å²) in [5, 5.41) is 30.8. The molecule has 0 aliphatic carbocycles. The van der Waals surface area contributed by atoms with Crippen molar-refractivity contribution in [3.8, 4) is 56.0 Å². The van der Waals surface area contributed by atoms with E-state index < -0.39 is 0 Å². The number of aromatic hydroxyl groups is 2. The van der Waals surface area contributed by atoms with Gasteiger partial charge in [-0.05, 0) is 109 Å². The Morgan fingerprint density at radius 1 is 0.396 bits per heavy atom. The first-order chi connectivity index (χ1) is 26.0. The monoisotopic (exact) mass is 682 g/mol. The molecule has 0 atom stereocenters. The minimum atomic E-state index is 0.0837. The number of phenols is 2. The third kappa shape index (κ3) is 4.67. The standard InChI is InChI=1S/C50H34O3/c1-29-42(28-43(51)30(2)50(29)52)47-39-17-7-5-15-37(39)46(38-16-6-8-18-40(38)47)33-24-22-32(23-25-33)35-26-27-45-49(41-19-9-10-21-44(41)53-45)48(35)36-20-11-13-31-12-3-4-14-34(31)36/h3-28,51-52H,1-2H3. The molecule has 3 nitrogen and oxygen atoms in total. The van der Waals surface area contributed by atoms with Gasteiger partial charge in [0.2, 0.25) is 0 Å². The highest BCUT2D eigenvalue weighted by atomic mass is 16.3. The van der Waals surface area contributed by atoms with Crippen molar-refractivity contribution in [3.05, 3.63) is 169 Å². The van der Waals surface area contributed by atoms with Crippen molar-refractivity contribution in [2.75, 3.05) is 0 Å². The van der Waals surface area contributed by atoms with Crippen molar-refractivity contribution in [2.45, 2.75) is 13.8 Å². The molecule has 0 saturated carbocycles. The number of fused-ring (bicyclic) bond motifs is 6. The molecule has 0 aliphatic rings. The fourth-order valence-electron chi connectivity index (χ4n) is 8.47. The van der Waals surface area contributed by atoms with Gasteiger partial charge in [-0.3, -0.25) is 0 Å². The van der Waals surface area contributed by atoms with Crippen LogP contribution in [-0.4, -0.2) is 10.2 Å². The maximum Gasteiger partial charge on any atom is 0.136 e. The van der Waals surface area contributed by atoms with E-state index in [1.165, 1.54) is 16.3 Å². The number of phenolic OH excluding ortho intramolecular Hbond substituents is 2. The van der Waals surface area contributed by atoms with E-state index in [-0.39, 0.29) is 11.5 Å². The molecule has 1 heterocycles. The van der Waals surface area contributed by atoms with Gasteiger partial charge in [0.25, 0.3) is 0 Å². The summed E-state index contributed by atoms with van der Waals surface area (Å²) >= 11 is 0. The zero-order valence-corrected chi connectivity index (χ0v) is 29.3. The summed E-state index contributed by atoms with van der Waals surface area (Å²) in [7, 11) is 0. The van der Waals surface area contributed by atoms with E-state index in [9.17, 15) is 10.2 Å². The molecule has 0 unspecified atom stereocenters. The number of hydrogen-bond donors (Lipinski definition) is 2. The van der Waals surface area contributed by atoms with Crippen LogP contribution in [0.15, 0.2) is 162 Å². The molecule has 3 heteroatoms. The predicted octanol–water partition coefficient (Wildman–Crippen LogP) is 13.7. The Morgan fingerprint density at radius 3 is 1.66 bits per heavy atom. The number of furan rings is 1. The lowest BCUT2D eigenvalue weighted by Gasteiger charge is -2.20. The van der Waals surface area contributed by atoms with Crippen molar-refractivity contribution in [3.63, 3.8) is 0 Å². The molecule has 252 valence electrons. The van der Waals surface area contributed by atoms with Crippen LogP contribution < -0.4 is 0 Å². The van der Waals surface area contributed by atoms with Crippen molar-refractivity contribution < 1.29 is 14.6 Å². The van der Waals surface area contributed by atoms with Crippen LogP contribution in [0.2, 0.25) is 0 Å². The van der Waals surface area contributed by atoms with Gasteiger partial charge in [0.15, 0.2) is 0 Å². The number of para-hydroxylation sites is 1. The second kappa shape index (κ2) is 11.9. The lowest BCUT2D eigenvalue weighted by Crippen LogP contribution is -1.94. The van der Waals surface area contributed by atoms with Crippen molar-refractivity contribution >= 4 is 54.3 Å². The normalized spacial score (nSPS) is 11.7. The molecule has 10 aromatic rings. The highest BCUT2D eigenvalue weighted by Gasteiger charge is 2.22. The maximum absolute atomic E-state index is 11.0. The van der Waals surface area contributed by atoms with Crippen molar-refractivity contribution in [1.29, 1.82) is 0 Å². The van der Waals surface area contributed by atoms with E-state index in [1.807, 2.05) is 19.1 Å². The van der Waals surface area contributed by atoms with Crippen LogP contribution in [0.3, 0.4) is 0 Å². The first-order valence-electron chi connectivity index (χ1n) is 18.0. The van der Waals surface area contributed by atoms with Gasteiger partial charge in [0.05, 0.1) is 0 Å². The van der Waals surface area contributed by atoms with Crippen LogP contribution in [0.4, 0.5) is 0 Å². The van der Waals surface area contributed by atoms with Crippen molar-refractivity contribution in [2.24, 2.45) is 0 Å². The Balaban J connectivity index is 1.21. The number of rotatable bonds is 4. The van der Waals surface area contributed by atoms with E-state index in [2.05, 4.69) is 140 Å². The third-order valence-corrected chi connectivity index (χ3v) is 11.1. The molecule has 9 aromatic carbocycles. The van der Waals surface area contributed by atoms with Crippen LogP contribution in [0.5, 0.6) is 11.5 Å². The maximum atomic E-state index is 11.0. The fraction of sp³-hybridized carbons (Fsp3) is 0.0400. The Morgan fingerprint density at radius 2 is 0.962 bits per heavy atom. The smallest absolute Gasteiger partial charge is 0.136 e. The van der Waals surface area contributed by atoms with Gasteiger partial charge in [0, 0.05) is 21.9 Å². The summed E-state index contributed by atoms with van der Waals surface area (Å²) in [5.41, 5.74) is 11.7. The molecule has 0 bridgehead atoms. The molecule has 53 heavy (non-hydrogen) atoms. The number of hydrogen-bond acceptors (Lipinski definition) is 3. The zero-order valence-electron chi connectivity index (χ0n) is 29.3. The second-order valence-corrected chi connectivity index (χ2v) is 13.9. The molecular weight excluding hydrogens is 649 g/mol. The molecule has 0 saturated heterocycles. The molecule has 0 fully saturated rings. The van der Waals surface area contributed by atoms with Crippen LogP contribution >= 0.6 is 0 Å². The van der Waals surface area contributed by atoms with E-state index in [0.29, 0.717) is 5.56 Å². The van der Waals surface area contributed by atoms with Gasteiger partial charge in [-0.15, -0.1) is 0 Å². The van der Waals surface area contributed by atoms with Crippen LogP contribution in [0, 0.1) is 13.8 Å². The molecular formula is C50H34O3. The van der Waals surface area contributed by atoms with Gasteiger partial charge < -0.3 is 14.6 Å². The first-order valence-corrected chi connectivity index (χ1v) is 18.0. The third-order valence-electron chi connectivity index (χ3n) is 11.1. The van der Waals surface area contributed by atoms with E-state index in [0.717, 1.165) is 88.0 Å². The van der Waals surface area contributed by atoms with E-state index >= 15 is 0 Å². The van der Waals surface area contributed by atoms with Gasteiger partial charge in [-0.2, -0.15) is 0 Å². The molecule has 1 aromatic heterocycles. The van der Waals surface area contributed by atoms with Crippen LogP contribution in [0.25, 0.3) is 98.8 Å². The van der Waals surface area contributed by atoms with Crippen LogP contribution in [0.1, 0.15) is 11.1 Å². The van der Waals surface area contributed by atoms with Gasteiger partial charge in [-0.1, -0.05) is 140 Å². The lowest BCUT2D eigenvalue weighted by atomic mass is 9.84. The Kier molecular flexibility index (Phi) is 6.93. The highest BCUT2D eigenvalue weighted by molar-refractivity contribution is 6.22. The summed E-state index contributed by atoms with van der Waals surface area (Å²) in [5.74, 6) is 0.206. The molecule has 0 aliphatic heterocycles. The van der Waals surface area contributed by atoms with E-state index in [1.54, 1.807) is 13.0 Å². The largest absolute Gasteiger partial charge is 0.508 e. The fourth-order valence-corrected chi connectivity index (χ4v) is 8.47. The van der Waals surface area contributed by atoms with E-state index in [4.69, 9.17) is 4.42 Å². The Bertz CT molecular complexity index is 3030. The summed E-state index contributed by atoms with van der Waals surface area (Å²) in [4.78, 5) is 0. The average molecular weight is 683 g/mol. The quantitative estimate of drug-likeness (QED) is 0.182. The Labute approximate surface area is 306 Å². The molecule has 0 amide bonds. The summed E-state index contributed by atoms with van der Waals surface area (Å²) in [6, 6.07) is 55.4. The highest BCUT2D eigenvalue weighted by Crippen LogP contribution is 2.49. The molecule has 0 radical (unpaired) electrons. The topological polar surface area (TPSA) is 53.6 Å². The van der Waals surface area contributed by atoms with Crippen molar-refractivity contribution in [1.82, 2.24) is 0 Å². The lowest BCUT2D eigenvalue weighted by molar-refractivity contribution is 0.441. The molecule has 0 spiro atoms. The average Bonchev–Trinajstić information content (AvgIpc) is 3.59. The first kappa shape index (κ1) is 30.9. The minimum Gasteiger partial charge on any atom is -0.508 e. The van der Waals surface area contributed by atoms with Gasteiger partial charge in [-0.25, -0.2) is 0 Å².